The molecule has 1 aliphatic heterocycles. The molecule has 0 aromatic heterocycles. The van der Waals surface area contributed by atoms with Crippen LogP contribution in [-0.4, -0.2) is 67.7 Å². The quantitative estimate of drug-likeness (QED) is 0.470. The lowest BCUT2D eigenvalue weighted by Crippen LogP contribution is -2.66. The van der Waals surface area contributed by atoms with E-state index in [2.05, 4.69) is 5.32 Å². The van der Waals surface area contributed by atoms with Crippen molar-refractivity contribution >= 4 is 23.8 Å². The van der Waals surface area contributed by atoms with Gasteiger partial charge in [-0.3, -0.25) is 19.2 Å². The molecule has 1 saturated heterocycles. The maximum Gasteiger partial charge on any atom is 0.303 e. The number of rotatable bonds is 7. The average molecular weight is 375 g/mol. The summed E-state index contributed by atoms with van der Waals surface area (Å²) in [5, 5.41) is 2.60. The normalized spacial score (nSPS) is 28.0. The summed E-state index contributed by atoms with van der Waals surface area (Å²) >= 11 is 0. The molecule has 0 saturated carbocycles. The van der Waals surface area contributed by atoms with Crippen LogP contribution in [0.2, 0.25) is 0 Å². The third-order valence-corrected chi connectivity index (χ3v) is 3.40. The fraction of sp³-hybridized carbons (Fsp3) is 0.750. The molecule has 0 spiro atoms. The predicted molar refractivity (Wildman–Crippen MR) is 85.6 cm³/mol. The zero-order valence-electron chi connectivity index (χ0n) is 15.5. The molecule has 0 bridgehead atoms. The van der Waals surface area contributed by atoms with E-state index in [0.29, 0.717) is 0 Å². The molecule has 10 nitrogen and oxygen atoms in total. The van der Waals surface area contributed by atoms with Crippen LogP contribution in [0.5, 0.6) is 0 Å². The number of hydrogen-bond acceptors (Lipinski definition) is 9. The molecule has 1 heterocycles. The van der Waals surface area contributed by atoms with Crippen LogP contribution < -0.4 is 5.32 Å². The van der Waals surface area contributed by atoms with Crippen molar-refractivity contribution in [1.82, 2.24) is 5.32 Å². The van der Waals surface area contributed by atoms with E-state index in [1.54, 1.807) is 6.92 Å². The Bertz CT molecular complexity index is 536. The Kier molecular flexibility index (Phi) is 8.46. The molecular formula is C16H25NO9. The standard InChI is InChI=1S/C16H25NO9/c1-6-22-16-13(17-8(2)18)15(25-11(5)21)14(24-10(4)20)12(26-16)7-23-9(3)19/h12-16H,6-7H2,1-5H3,(H,17,18)/t12?,13?,14-,15?,16-/m1/s1. The maximum absolute atomic E-state index is 11.6. The molecule has 0 aromatic rings. The van der Waals surface area contributed by atoms with Gasteiger partial charge in [0.15, 0.2) is 18.5 Å². The van der Waals surface area contributed by atoms with Gasteiger partial charge in [-0.15, -0.1) is 0 Å². The van der Waals surface area contributed by atoms with E-state index in [1.807, 2.05) is 0 Å². The van der Waals surface area contributed by atoms with Crippen LogP contribution in [0.25, 0.3) is 0 Å². The molecule has 5 atom stereocenters. The minimum absolute atomic E-state index is 0.242. The van der Waals surface area contributed by atoms with Crippen LogP contribution in [-0.2, 0) is 42.9 Å². The van der Waals surface area contributed by atoms with Crippen LogP contribution in [0, 0.1) is 0 Å². The van der Waals surface area contributed by atoms with Crippen molar-refractivity contribution in [3.05, 3.63) is 0 Å². The number of esters is 3. The summed E-state index contributed by atoms with van der Waals surface area (Å²) in [6, 6.07) is -0.922. The fourth-order valence-electron chi connectivity index (χ4n) is 2.60. The molecule has 0 aliphatic carbocycles. The highest BCUT2D eigenvalue weighted by Crippen LogP contribution is 2.27. The second-order valence-electron chi connectivity index (χ2n) is 5.68. The van der Waals surface area contributed by atoms with E-state index >= 15 is 0 Å². The van der Waals surface area contributed by atoms with Crippen molar-refractivity contribution in [2.75, 3.05) is 13.2 Å². The minimum atomic E-state index is -1.11. The van der Waals surface area contributed by atoms with E-state index in [0.717, 1.165) is 0 Å². The van der Waals surface area contributed by atoms with Crippen molar-refractivity contribution in [3.63, 3.8) is 0 Å². The highest BCUT2D eigenvalue weighted by molar-refractivity contribution is 5.73. The minimum Gasteiger partial charge on any atom is -0.463 e. The number of hydrogen-bond donors (Lipinski definition) is 1. The van der Waals surface area contributed by atoms with E-state index in [9.17, 15) is 19.2 Å². The Hall–Kier alpha value is -2.20. The SMILES string of the molecule is CCO[C@@H]1OC(COC(C)=O)[C@@H](OC(C)=O)C(OC(C)=O)C1NC(C)=O. The average Bonchev–Trinajstić information content (AvgIpc) is 2.50. The molecule has 1 rings (SSSR count). The molecule has 148 valence electrons. The molecular weight excluding hydrogens is 350 g/mol. The lowest BCUT2D eigenvalue weighted by Gasteiger charge is -2.44. The van der Waals surface area contributed by atoms with Crippen LogP contribution in [0.4, 0.5) is 0 Å². The van der Waals surface area contributed by atoms with Gasteiger partial charge in [-0.05, 0) is 6.92 Å². The molecule has 0 aromatic carbocycles. The monoisotopic (exact) mass is 375 g/mol. The maximum atomic E-state index is 11.6. The summed E-state index contributed by atoms with van der Waals surface area (Å²) in [7, 11) is 0. The Labute approximate surface area is 151 Å². The Balaban J connectivity index is 3.22. The molecule has 1 fully saturated rings. The van der Waals surface area contributed by atoms with E-state index in [1.165, 1.54) is 27.7 Å². The predicted octanol–water partition coefficient (Wildman–Crippen LogP) is -0.321. The van der Waals surface area contributed by atoms with Gasteiger partial charge in [-0.2, -0.15) is 0 Å². The van der Waals surface area contributed by atoms with E-state index in [4.69, 9.17) is 23.7 Å². The Morgan fingerprint density at radius 1 is 0.923 bits per heavy atom. The lowest BCUT2D eigenvalue weighted by atomic mass is 9.96. The molecule has 1 amide bonds. The number of carbonyl (C=O) groups excluding carboxylic acids is 4. The van der Waals surface area contributed by atoms with Gasteiger partial charge in [0.05, 0.1) is 0 Å². The molecule has 1 N–H and O–H groups in total. The number of nitrogens with one attached hydrogen (secondary N) is 1. The zero-order chi connectivity index (χ0) is 19.9. The molecule has 26 heavy (non-hydrogen) atoms. The molecule has 1 aliphatic rings. The molecule has 3 unspecified atom stereocenters. The summed E-state index contributed by atoms with van der Waals surface area (Å²) in [6.07, 6.45) is -4.15. The van der Waals surface area contributed by atoms with Crippen molar-refractivity contribution in [1.29, 1.82) is 0 Å². The number of amides is 1. The summed E-state index contributed by atoms with van der Waals surface area (Å²) in [5.74, 6) is -2.28. The first-order valence-electron chi connectivity index (χ1n) is 8.17. The number of carbonyl (C=O) groups is 4. The number of ether oxygens (including phenoxy) is 5. The fourth-order valence-corrected chi connectivity index (χ4v) is 2.60. The van der Waals surface area contributed by atoms with Crippen LogP contribution in [0.15, 0.2) is 0 Å². The van der Waals surface area contributed by atoms with Crippen LogP contribution in [0.3, 0.4) is 0 Å². The molecule has 10 heteroatoms. The first-order valence-corrected chi connectivity index (χ1v) is 8.17. The topological polar surface area (TPSA) is 126 Å². The van der Waals surface area contributed by atoms with Gasteiger partial charge in [-0.25, -0.2) is 0 Å². The van der Waals surface area contributed by atoms with Crippen molar-refractivity contribution in [2.45, 2.75) is 65.3 Å². The summed E-state index contributed by atoms with van der Waals surface area (Å²) in [5.41, 5.74) is 0. The summed E-state index contributed by atoms with van der Waals surface area (Å²) in [4.78, 5) is 45.8. The summed E-state index contributed by atoms with van der Waals surface area (Å²) in [6.45, 7) is 6.56. The van der Waals surface area contributed by atoms with Gasteiger partial charge in [-0.1, -0.05) is 0 Å². The second-order valence-corrected chi connectivity index (χ2v) is 5.68. The Morgan fingerprint density at radius 2 is 1.50 bits per heavy atom. The third-order valence-electron chi connectivity index (χ3n) is 3.40. The van der Waals surface area contributed by atoms with Gasteiger partial charge >= 0.3 is 17.9 Å². The third kappa shape index (κ3) is 6.60. The van der Waals surface area contributed by atoms with E-state index < -0.39 is 54.5 Å². The van der Waals surface area contributed by atoms with Gasteiger partial charge < -0.3 is 29.0 Å². The smallest absolute Gasteiger partial charge is 0.303 e. The van der Waals surface area contributed by atoms with Gasteiger partial charge in [0, 0.05) is 34.3 Å². The summed E-state index contributed by atoms with van der Waals surface area (Å²) < 4.78 is 26.7. The second kappa shape index (κ2) is 10.1. The first kappa shape index (κ1) is 21.8. The highest BCUT2D eigenvalue weighted by Gasteiger charge is 2.51. The van der Waals surface area contributed by atoms with Gasteiger partial charge in [0.1, 0.15) is 18.8 Å². The zero-order valence-corrected chi connectivity index (χ0v) is 15.5. The Morgan fingerprint density at radius 3 is 1.96 bits per heavy atom. The van der Waals surface area contributed by atoms with Crippen molar-refractivity contribution in [3.8, 4) is 0 Å². The largest absolute Gasteiger partial charge is 0.463 e. The van der Waals surface area contributed by atoms with Gasteiger partial charge in [0.2, 0.25) is 5.91 Å². The first-order chi connectivity index (χ1) is 12.1. The van der Waals surface area contributed by atoms with Crippen LogP contribution in [0.1, 0.15) is 34.6 Å². The lowest BCUT2D eigenvalue weighted by molar-refractivity contribution is -0.276. The van der Waals surface area contributed by atoms with E-state index in [-0.39, 0.29) is 13.2 Å². The van der Waals surface area contributed by atoms with Gasteiger partial charge in [0.25, 0.3) is 0 Å². The van der Waals surface area contributed by atoms with Crippen molar-refractivity contribution in [2.24, 2.45) is 0 Å². The van der Waals surface area contributed by atoms with Crippen LogP contribution >= 0.6 is 0 Å². The highest BCUT2D eigenvalue weighted by atomic mass is 16.7. The molecule has 0 radical (unpaired) electrons. The van der Waals surface area contributed by atoms with Crippen molar-refractivity contribution < 1.29 is 42.9 Å².